The molecule has 31 heavy (non-hydrogen) atoms. The summed E-state index contributed by atoms with van der Waals surface area (Å²) in [7, 11) is 4.18. The highest BCUT2D eigenvalue weighted by molar-refractivity contribution is 5.96. The molecule has 0 atom stereocenters. The van der Waals surface area contributed by atoms with Gasteiger partial charge in [0.15, 0.2) is 18.1 Å². The lowest BCUT2D eigenvalue weighted by molar-refractivity contribution is -0.384. The smallest absolute Gasteiger partial charge is 0.338 e. The van der Waals surface area contributed by atoms with Crippen molar-refractivity contribution in [2.75, 3.05) is 27.9 Å². The second-order valence-corrected chi connectivity index (χ2v) is 5.80. The van der Waals surface area contributed by atoms with E-state index in [0.29, 0.717) is 0 Å². The number of nitro benzene ring substituents is 1. The van der Waals surface area contributed by atoms with Gasteiger partial charge in [0, 0.05) is 17.7 Å². The number of hydrazine groups is 1. The molecule has 2 rings (SSSR count). The topological polar surface area (TPSA) is 155 Å². The fourth-order valence-corrected chi connectivity index (χ4v) is 2.38. The van der Waals surface area contributed by atoms with Crippen molar-refractivity contribution in [3.63, 3.8) is 0 Å². The molecule has 0 bridgehead atoms. The van der Waals surface area contributed by atoms with Crippen molar-refractivity contribution in [3.8, 4) is 17.2 Å². The lowest BCUT2D eigenvalue weighted by Crippen LogP contribution is -2.43. The summed E-state index contributed by atoms with van der Waals surface area (Å²) in [5, 5.41) is 10.6. The monoisotopic (exact) mass is 433 g/mol. The summed E-state index contributed by atoms with van der Waals surface area (Å²) in [6, 6.07) is 7.47. The highest BCUT2D eigenvalue weighted by atomic mass is 16.6. The van der Waals surface area contributed by atoms with E-state index in [4.69, 9.17) is 18.9 Å². The maximum Gasteiger partial charge on any atom is 0.338 e. The summed E-state index contributed by atoms with van der Waals surface area (Å²) in [4.78, 5) is 46.0. The van der Waals surface area contributed by atoms with E-state index >= 15 is 0 Å². The van der Waals surface area contributed by atoms with E-state index in [0.717, 1.165) is 12.1 Å². The number of nitro groups is 1. The van der Waals surface area contributed by atoms with Gasteiger partial charge in [-0.15, -0.1) is 0 Å². The molecule has 0 radical (unpaired) electrons. The van der Waals surface area contributed by atoms with Crippen molar-refractivity contribution in [2.45, 2.75) is 0 Å². The summed E-state index contributed by atoms with van der Waals surface area (Å²) in [5.74, 6) is -1.61. The quantitative estimate of drug-likeness (QED) is 0.355. The normalized spacial score (nSPS) is 9.90. The van der Waals surface area contributed by atoms with E-state index < -0.39 is 29.3 Å². The lowest BCUT2D eigenvalue weighted by Gasteiger charge is -2.13. The Hall–Kier alpha value is -4.35. The molecule has 0 aliphatic rings. The van der Waals surface area contributed by atoms with Crippen molar-refractivity contribution >= 4 is 23.5 Å². The molecule has 0 heterocycles. The minimum atomic E-state index is -0.837. The van der Waals surface area contributed by atoms with Crippen LogP contribution >= 0.6 is 0 Å². The molecule has 0 aliphatic carbocycles. The van der Waals surface area contributed by atoms with Crippen LogP contribution in [0.2, 0.25) is 0 Å². The number of hydrogen-bond acceptors (Lipinski definition) is 9. The van der Waals surface area contributed by atoms with Crippen molar-refractivity contribution in [3.05, 3.63) is 57.6 Å². The minimum Gasteiger partial charge on any atom is -0.493 e. The van der Waals surface area contributed by atoms with Crippen LogP contribution in [0.1, 0.15) is 20.7 Å². The number of esters is 1. The predicted molar refractivity (Wildman–Crippen MR) is 105 cm³/mol. The Labute approximate surface area is 176 Å². The van der Waals surface area contributed by atoms with Gasteiger partial charge in [-0.1, -0.05) is 0 Å². The maximum absolute atomic E-state index is 12.2. The van der Waals surface area contributed by atoms with E-state index in [1.807, 2.05) is 0 Å². The van der Waals surface area contributed by atoms with Gasteiger partial charge in [-0.25, -0.2) is 4.79 Å². The molecule has 0 spiro atoms. The van der Waals surface area contributed by atoms with Gasteiger partial charge < -0.3 is 18.9 Å². The first-order valence-corrected chi connectivity index (χ1v) is 8.61. The molecule has 0 aromatic heterocycles. The molecule has 164 valence electrons. The highest BCUT2D eigenvalue weighted by Crippen LogP contribution is 2.38. The second-order valence-electron chi connectivity index (χ2n) is 5.80. The summed E-state index contributed by atoms with van der Waals surface area (Å²) >= 11 is 0. The molecular weight excluding hydrogens is 414 g/mol. The van der Waals surface area contributed by atoms with Gasteiger partial charge in [0.25, 0.3) is 17.5 Å². The zero-order chi connectivity index (χ0) is 23.0. The van der Waals surface area contributed by atoms with Gasteiger partial charge in [-0.05, 0) is 24.3 Å². The van der Waals surface area contributed by atoms with Crippen LogP contribution in [0.25, 0.3) is 0 Å². The molecule has 12 heteroatoms. The molecule has 0 aliphatic heterocycles. The van der Waals surface area contributed by atoms with Crippen LogP contribution in [-0.4, -0.2) is 50.6 Å². The number of nitrogens with zero attached hydrogens (tertiary/aromatic N) is 1. The van der Waals surface area contributed by atoms with Gasteiger partial charge in [0.05, 0.1) is 31.8 Å². The number of non-ortho nitro benzene ring substituents is 1. The van der Waals surface area contributed by atoms with E-state index in [-0.39, 0.29) is 34.1 Å². The number of amides is 2. The largest absolute Gasteiger partial charge is 0.493 e. The first kappa shape index (κ1) is 22.9. The standard InChI is InChI=1S/C19H19N3O9/c1-28-14-8-12(9-15(29-2)17(14)30-3)19(25)31-10-16(23)20-21-18(24)11-4-6-13(7-5-11)22(26)27/h4-9H,10H2,1-3H3,(H,20,23)(H,21,24). The summed E-state index contributed by atoms with van der Waals surface area (Å²) < 4.78 is 20.4. The number of nitrogens with one attached hydrogen (secondary N) is 2. The zero-order valence-corrected chi connectivity index (χ0v) is 16.8. The van der Waals surface area contributed by atoms with E-state index in [2.05, 4.69) is 10.9 Å². The van der Waals surface area contributed by atoms with Crippen LogP contribution in [0.15, 0.2) is 36.4 Å². The maximum atomic E-state index is 12.2. The number of carbonyl (C=O) groups is 3. The number of carbonyl (C=O) groups excluding carboxylic acids is 3. The van der Waals surface area contributed by atoms with Crippen molar-refractivity contribution in [1.29, 1.82) is 0 Å². The Bertz CT molecular complexity index is 965. The van der Waals surface area contributed by atoms with E-state index in [1.165, 1.54) is 45.6 Å². The van der Waals surface area contributed by atoms with E-state index in [1.54, 1.807) is 0 Å². The molecular formula is C19H19N3O9. The minimum absolute atomic E-state index is 0.0530. The number of benzene rings is 2. The van der Waals surface area contributed by atoms with E-state index in [9.17, 15) is 24.5 Å². The van der Waals surface area contributed by atoms with Crippen LogP contribution in [-0.2, 0) is 9.53 Å². The van der Waals surface area contributed by atoms with Gasteiger partial charge in [0.2, 0.25) is 5.75 Å². The summed E-state index contributed by atoms with van der Waals surface area (Å²) in [6.45, 7) is -0.684. The fraction of sp³-hybridized carbons (Fsp3) is 0.211. The second kappa shape index (κ2) is 10.4. The molecule has 2 amide bonds. The average molecular weight is 433 g/mol. The molecule has 2 aromatic rings. The number of methoxy groups -OCH3 is 3. The van der Waals surface area contributed by atoms with Gasteiger partial charge in [0.1, 0.15) is 0 Å². The SMILES string of the molecule is COc1cc(C(=O)OCC(=O)NNC(=O)c2ccc([N+](=O)[O-])cc2)cc(OC)c1OC. The fourth-order valence-electron chi connectivity index (χ4n) is 2.38. The van der Waals surface area contributed by atoms with Crippen molar-refractivity contribution < 1.29 is 38.3 Å². The Kier molecular flexibility index (Phi) is 7.72. The third kappa shape index (κ3) is 5.82. The number of hydrogen-bond donors (Lipinski definition) is 2. The number of ether oxygens (including phenoxy) is 4. The van der Waals surface area contributed by atoms with Crippen molar-refractivity contribution in [1.82, 2.24) is 10.9 Å². The van der Waals surface area contributed by atoms with Crippen LogP contribution < -0.4 is 25.1 Å². The third-order valence-electron chi connectivity index (χ3n) is 3.89. The highest BCUT2D eigenvalue weighted by Gasteiger charge is 2.19. The first-order chi connectivity index (χ1) is 14.8. The average Bonchev–Trinajstić information content (AvgIpc) is 2.79. The number of rotatable bonds is 8. The zero-order valence-electron chi connectivity index (χ0n) is 16.8. The van der Waals surface area contributed by atoms with Gasteiger partial charge in [-0.2, -0.15) is 0 Å². The lowest BCUT2D eigenvalue weighted by atomic mass is 10.2. The molecule has 2 aromatic carbocycles. The molecule has 0 fully saturated rings. The Morgan fingerprint density at radius 2 is 1.48 bits per heavy atom. The Morgan fingerprint density at radius 3 is 1.97 bits per heavy atom. The van der Waals surface area contributed by atoms with Crippen LogP contribution in [0, 0.1) is 10.1 Å². The Balaban J connectivity index is 1.91. The molecule has 0 saturated carbocycles. The molecule has 0 saturated heterocycles. The molecule has 0 unspecified atom stereocenters. The Morgan fingerprint density at radius 1 is 0.903 bits per heavy atom. The first-order valence-electron chi connectivity index (χ1n) is 8.61. The predicted octanol–water partition coefficient (Wildman–Crippen LogP) is 1.24. The van der Waals surface area contributed by atoms with Crippen LogP contribution in [0.4, 0.5) is 5.69 Å². The van der Waals surface area contributed by atoms with Crippen LogP contribution in [0.3, 0.4) is 0 Å². The summed E-state index contributed by atoms with van der Waals surface area (Å²) in [5.41, 5.74) is 4.13. The molecule has 12 nitrogen and oxygen atoms in total. The van der Waals surface area contributed by atoms with Gasteiger partial charge >= 0.3 is 5.97 Å². The van der Waals surface area contributed by atoms with Crippen LogP contribution in [0.5, 0.6) is 17.2 Å². The molecule has 2 N–H and O–H groups in total. The van der Waals surface area contributed by atoms with Gasteiger partial charge in [-0.3, -0.25) is 30.6 Å². The summed E-state index contributed by atoms with van der Waals surface area (Å²) in [6.07, 6.45) is 0. The van der Waals surface area contributed by atoms with Crippen molar-refractivity contribution in [2.24, 2.45) is 0 Å². The third-order valence-corrected chi connectivity index (χ3v) is 3.89.